The van der Waals surface area contributed by atoms with Crippen LogP contribution >= 0.6 is 0 Å². The van der Waals surface area contributed by atoms with Crippen LogP contribution in [0.15, 0.2) is 54.6 Å². The number of carbonyl (C=O) groups is 2. The van der Waals surface area contributed by atoms with E-state index < -0.39 is 17.3 Å². The van der Waals surface area contributed by atoms with Gasteiger partial charge >= 0.3 is 5.97 Å². The Morgan fingerprint density at radius 3 is 2.33 bits per heavy atom. The van der Waals surface area contributed by atoms with Crippen LogP contribution in [0.4, 0.5) is 0 Å². The Morgan fingerprint density at radius 1 is 1.04 bits per heavy atom. The molecule has 0 saturated heterocycles. The van der Waals surface area contributed by atoms with Crippen LogP contribution in [-0.4, -0.2) is 28.4 Å². The highest BCUT2D eigenvalue weighted by atomic mass is 16.4. The van der Waals surface area contributed by atoms with E-state index in [4.69, 9.17) is 0 Å². The normalized spacial score (nSPS) is 17.2. The highest BCUT2D eigenvalue weighted by Crippen LogP contribution is 2.33. The van der Waals surface area contributed by atoms with E-state index in [0.29, 0.717) is 6.54 Å². The van der Waals surface area contributed by atoms with Crippen molar-refractivity contribution < 1.29 is 14.7 Å². The smallest absolute Gasteiger partial charge is 0.312 e. The monoisotopic (exact) mass is 323 g/mol. The van der Waals surface area contributed by atoms with Gasteiger partial charge in [-0.05, 0) is 30.5 Å². The molecular weight excluding hydrogens is 302 g/mol. The lowest BCUT2D eigenvalue weighted by Gasteiger charge is -2.37. The largest absolute Gasteiger partial charge is 0.481 e. The Morgan fingerprint density at radius 2 is 1.67 bits per heavy atom. The number of hydrogen-bond donors (Lipinski definition) is 1. The molecule has 0 spiro atoms. The van der Waals surface area contributed by atoms with Crippen LogP contribution in [0.1, 0.15) is 36.5 Å². The third-order valence-corrected chi connectivity index (χ3v) is 4.81. The molecular formula is C20H21NO3. The van der Waals surface area contributed by atoms with Gasteiger partial charge in [0, 0.05) is 13.1 Å². The van der Waals surface area contributed by atoms with Crippen LogP contribution in [0.2, 0.25) is 0 Å². The highest BCUT2D eigenvalue weighted by Gasteiger charge is 2.38. The Hall–Kier alpha value is -2.62. The summed E-state index contributed by atoms with van der Waals surface area (Å²) in [6.45, 7) is 4.44. The molecule has 0 radical (unpaired) electrons. The maximum absolute atomic E-state index is 13.1. The zero-order valence-corrected chi connectivity index (χ0v) is 13.9. The molecule has 0 aromatic heterocycles. The van der Waals surface area contributed by atoms with E-state index in [1.165, 1.54) is 0 Å². The average molecular weight is 323 g/mol. The van der Waals surface area contributed by atoms with Crippen LogP contribution in [0, 0.1) is 0 Å². The summed E-state index contributed by atoms with van der Waals surface area (Å²) in [5.74, 6) is -1.61. The number of carboxylic acid groups (broad SMARTS) is 1. The molecule has 1 aliphatic rings. The van der Waals surface area contributed by atoms with Crippen LogP contribution < -0.4 is 0 Å². The third kappa shape index (κ3) is 2.80. The van der Waals surface area contributed by atoms with Gasteiger partial charge in [0.15, 0.2) is 0 Å². The maximum atomic E-state index is 13.1. The molecule has 24 heavy (non-hydrogen) atoms. The van der Waals surface area contributed by atoms with Crippen molar-refractivity contribution in [2.75, 3.05) is 6.54 Å². The number of hydrogen-bond acceptors (Lipinski definition) is 2. The second kappa shape index (κ2) is 6.11. The second-order valence-electron chi connectivity index (χ2n) is 6.77. The van der Waals surface area contributed by atoms with E-state index in [1.54, 1.807) is 4.90 Å². The first-order valence-corrected chi connectivity index (χ1v) is 8.07. The third-order valence-electron chi connectivity index (χ3n) is 4.81. The lowest BCUT2D eigenvalue weighted by Crippen LogP contribution is -2.47. The van der Waals surface area contributed by atoms with E-state index in [0.717, 1.165) is 16.7 Å². The van der Waals surface area contributed by atoms with Crippen molar-refractivity contribution in [2.45, 2.75) is 31.7 Å². The van der Waals surface area contributed by atoms with E-state index in [-0.39, 0.29) is 12.5 Å². The van der Waals surface area contributed by atoms with Gasteiger partial charge in [0.2, 0.25) is 5.91 Å². The summed E-state index contributed by atoms with van der Waals surface area (Å²) < 4.78 is 0. The van der Waals surface area contributed by atoms with Crippen molar-refractivity contribution in [1.82, 2.24) is 4.90 Å². The highest BCUT2D eigenvalue weighted by molar-refractivity contribution is 5.89. The van der Waals surface area contributed by atoms with Gasteiger partial charge < -0.3 is 10.0 Å². The molecule has 0 bridgehead atoms. The minimum atomic E-state index is -0.891. The van der Waals surface area contributed by atoms with Crippen molar-refractivity contribution >= 4 is 11.9 Å². The first-order chi connectivity index (χ1) is 11.4. The molecule has 1 heterocycles. The number of amides is 1. The van der Waals surface area contributed by atoms with Crippen LogP contribution in [0.3, 0.4) is 0 Å². The zero-order chi connectivity index (χ0) is 17.3. The van der Waals surface area contributed by atoms with Gasteiger partial charge in [-0.1, -0.05) is 54.6 Å². The average Bonchev–Trinajstić information content (AvgIpc) is 2.60. The summed E-state index contributed by atoms with van der Waals surface area (Å²) in [5.41, 5.74) is 1.96. The fourth-order valence-electron chi connectivity index (χ4n) is 3.35. The fraction of sp³-hybridized carbons (Fsp3) is 0.300. The molecule has 0 saturated carbocycles. The van der Waals surface area contributed by atoms with Gasteiger partial charge in [0.05, 0.1) is 11.3 Å². The molecule has 124 valence electrons. The number of fused-ring (bicyclic) bond motifs is 1. The molecule has 1 N–H and O–H groups in total. The molecule has 0 fully saturated rings. The van der Waals surface area contributed by atoms with Gasteiger partial charge in [-0.25, -0.2) is 0 Å². The minimum Gasteiger partial charge on any atom is -0.481 e. The van der Waals surface area contributed by atoms with Crippen molar-refractivity contribution in [3.05, 3.63) is 71.3 Å². The van der Waals surface area contributed by atoms with E-state index in [9.17, 15) is 14.7 Å². The molecule has 4 nitrogen and oxygen atoms in total. The fourth-order valence-corrected chi connectivity index (χ4v) is 3.35. The number of nitrogens with zero attached hydrogens (tertiary/aromatic N) is 1. The van der Waals surface area contributed by atoms with Crippen molar-refractivity contribution in [3.8, 4) is 0 Å². The van der Waals surface area contributed by atoms with E-state index >= 15 is 0 Å². The van der Waals surface area contributed by atoms with Crippen LogP contribution in [0.5, 0.6) is 0 Å². The van der Waals surface area contributed by atoms with Crippen molar-refractivity contribution in [3.63, 3.8) is 0 Å². The minimum absolute atomic E-state index is 0.0468. The van der Waals surface area contributed by atoms with Gasteiger partial charge in [-0.2, -0.15) is 0 Å². The number of carboxylic acids is 1. The Balaban J connectivity index is 1.93. The summed E-state index contributed by atoms with van der Waals surface area (Å²) in [7, 11) is 0. The maximum Gasteiger partial charge on any atom is 0.312 e. The molecule has 1 unspecified atom stereocenters. The lowest BCUT2D eigenvalue weighted by molar-refractivity contribution is -0.143. The van der Waals surface area contributed by atoms with Gasteiger partial charge in [0.25, 0.3) is 0 Å². The van der Waals surface area contributed by atoms with Crippen LogP contribution in [0.25, 0.3) is 0 Å². The molecule has 3 rings (SSSR count). The summed E-state index contributed by atoms with van der Waals surface area (Å²) in [4.78, 5) is 26.5. The first-order valence-electron chi connectivity index (χ1n) is 8.07. The zero-order valence-electron chi connectivity index (χ0n) is 13.9. The SMILES string of the molecule is CC(C)(C(=O)N1Cc2ccccc2C(C(=O)O)C1)c1ccccc1. The molecule has 2 aromatic rings. The lowest BCUT2D eigenvalue weighted by atomic mass is 9.81. The summed E-state index contributed by atoms with van der Waals surface area (Å²) in [5, 5.41) is 9.57. The van der Waals surface area contributed by atoms with Crippen molar-refractivity contribution in [2.24, 2.45) is 0 Å². The topological polar surface area (TPSA) is 57.6 Å². The van der Waals surface area contributed by atoms with Gasteiger partial charge in [-0.3, -0.25) is 9.59 Å². The molecule has 1 atom stereocenters. The molecule has 2 aromatic carbocycles. The molecule has 1 aliphatic heterocycles. The Kier molecular flexibility index (Phi) is 4.14. The molecule has 4 heteroatoms. The Labute approximate surface area is 141 Å². The van der Waals surface area contributed by atoms with Gasteiger partial charge in [-0.15, -0.1) is 0 Å². The van der Waals surface area contributed by atoms with Crippen molar-refractivity contribution in [1.29, 1.82) is 0 Å². The predicted octanol–water partition coefficient (Wildman–Crippen LogP) is 3.17. The number of carbonyl (C=O) groups excluding carboxylic acids is 1. The number of rotatable bonds is 3. The summed E-state index contributed by atoms with van der Waals surface area (Å²) in [6.07, 6.45) is 0. The second-order valence-corrected chi connectivity index (χ2v) is 6.77. The standard InChI is InChI=1S/C20H21NO3/c1-20(2,15-9-4-3-5-10-15)19(24)21-12-14-8-6-7-11-16(14)17(13-21)18(22)23/h3-11,17H,12-13H2,1-2H3,(H,22,23). The summed E-state index contributed by atoms with van der Waals surface area (Å²) >= 11 is 0. The van der Waals surface area contributed by atoms with E-state index in [1.807, 2.05) is 68.4 Å². The Bertz CT molecular complexity index is 767. The predicted molar refractivity (Wildman–Crippen MR) is 91.7 cm³/mol. The molecule has 1 amide bonds. The van der Waals surface area contributed by atoms with Crippen LogP contribution in [-0.2, 0) is 21.5 Å². The van der Waals surface area contributed by atoms with E-state index in [2.05, 4.69) is 0 Å². The number of benzene rings is 2. The summed E-state index contributed by atoms with van der Waals surface area (Å²) in [6, 6.07) is 17.1. The number of aliphatic carboxylic acids is 1. The quantitative estimate of drug-likeness (QED) is 0.944. The molecule has 0 aliphatic carbocycles. The van der Waals surface area contributed by atoms with Gasteiger partial charge in [0.1, 0.15) is 0 Å². The first kappa shape index (κ1) is 16.2.